The molecule has 9 heteroatoms. The Bertz CT molecular complexity index is 1280. The second-order valence-electron chi connectivity index (χ2n) is 7.64. The Balaban J connectivity index is 1.61. The zero-order valence-corrected chi connectivity index (χ0v) is 21.2. The van der Waals surface area contributed by atoms with Gasteiger partial charge in [-0.15, -0.1) is 0 Å². The van der Waals surface area contributed by atoms with Crippen LogP contribution >= 0.6 is 39.7 Å². The molecule has 1 aliphatic heterocycles. The van der Waals surface area contributed by atoms with Crippen molar-refractivity contribution in [3.63, 3.8) is 0 Å². The number of fused-ring (bicyclic) bond motifs is 1. The molecule has 0 radical (unpaired) electrons. The van der Waals surface area contributed by atoms with Gasteiger partial charge in [0.05, 0.1) is 11.6 Å². The Kier molecular flexibility index (Phi) is 6.88. The van der Waals surface area contributed by atoms with Crippen molar-refractivity contribution < 1.29 is 14.3 Å². The number of benzene rings is 2. The third-order valence-corrected chi connectivity index (χ3v) is 6.81. The van der Waals surface area contributed by atoms with Crippen molar-refractivity contribution in [2.45, 2.75) is 13.0 Å². The molecule has 3 aromatic rings. The molecule has 0 bridgehead atoms. The van der Waals surface area contributed by atoms with E-state index in [4.69, 9.17) is 28.6 Å². The summed E-state index contributed by atoms with van der Waals surface area (Å²) in [7, 11) is 3.14. The largest absolute Gasteiger partial charge is 0.492 e. The fourth-order valence-corrected chi connectivity index (χ4v) is 4.42. The Morgan fingerprint density at radius 3 is 2.48 bits per heavy atom. The number of likely N-dealkylation sites (N-methyl/N-ethyl adjacent to an activating group) is 2. The predicted octanol–water partition coefficient (Wildman–Crippen LogP) is 5.13. The van der Waals surface area contributed by atoms with Gasteiger partial charge in [-0.05, 0) is 55.0 Å². The average molecular weight is 547 g/mol. The van der Waals surface area contributed by atoms with E-state index in [9.17, 15) is 9.59 Å². The Labute approximate surface area is 210 Å². The smallest absolute Gasteiger partial charge is 0.265 e. The quantitative estimate of drug-likeness (QED) is 0.186. The number of rotatable bonds is 6. The molecule has 0 aliphatic carbocycles. The SMILES string of the molecule is CN1C(=O)C(=Cc2cn(CCCOc3ccccc3Cl)c3ccc(Br)cc23)C(=O)N(C)C1=S. The van der Waals surface area contributed by atoms with Crippen molar-refractivity contribution in [1.29, 1.82) is 0 Å². The number of amides is 2. The number of aromatic nitrogens is 1. The lowest BCUT2D eigenvalue weighted by atomic mass is 10.1. The summed E-state index contributed by atoms with van der Waals surface area (Å²) in [6.07, 6.45) is 4.34. The van der Waals surface area contributed by atoms with E-state index < -0.39 is 11.8 Å². The minimum atomic E-state index is -0.410. The van der Waals surface area contributed by atoms with Crippen LogP contribution in [0.25, 0.3) is 17.0 Å². The number of hydrogen-bond acceptors (Lipinski definition) is 4. The maximum absolute atomic E-state index is 12.8. The Morgan fingerprint density at radius 2 is 1.79 bits per heavy atom. The number of carbonyl (C=O) groups is 2. The average Bonchev–Trinajstić information content (AvgIpc) is 3.14. The fourth-order valence-electron chi connectivity index (χ4n) is 3.71. The third-order valence-electron chi connectivity index (χ3n) is 5.46. The summed E-state index contributed by atoms with van der Waals surface area (Å²) in [5.74, 6) is -0.161. The van der Waals surface area contributed by atoms with Crippen LogP contribution in [0.1, 0.15) is 12.0 Å². The second kappa shape index (κ2) is 9.67. The van der Waals surface area contributed by atoms with Crippen LogP contribution in [0.3, 0.4) is 0 Å². The molecule has 6 nitrogen and oxygen atoms in total. The molecule has 4 rings (SSSR count). The fraction of sp³-hybridized carbons (Fsp3) is 0.208. The van der Waals surface area contributed by atoms with Gasteiger partial charge in [0, 0.05) is 47.8 Å². The lowest BCUT2D eigenvalue weighted by molar-refractivity contribution is -0.132. The van der Waals surface area contributed by atoms with E-state index in [1.807, 2.05) is 42.6 Å². The van der Waals surface area contributed by atoms with Crippen LogP contribution in [0.2, 0.25) is 5.02 Å². The summed E-state index contributed by atoms with van der Waals surface area (Å²) in [6.45, 7) is 1.19. The molecule has 2 amide bonds. The Hall–Kier alpha value is -2.68. The normalized spacial score (nSPS) is 14.4. The Morgan fingerprint density at radius 1 is 1.09 bits per heavy atom. The van der Waals surface area contributed by atoms with Crippen LogP contribution in [0.15, 0.2) is 58.7 Å². The van der Waals surface area contributed by atoms with Gasteiger partial charge in [0.1, 0.15) is 11.3 Å². The number of aryl methyl sites for hydroxylation is 1. The van der Waals surface area contributed by atoms with E-state index in [0.717, 1.165) is 27.4 Å². The first kappa shape index (κ1) is 23.5. The molecule has 0 unspecified atom stereocenters. The number of para-hydroxylation sites is 1. The van der Waals surface area contributed by atoms with Gasteiger partial charge >= 0.3 is 0 Å². The summed E-state index contributed by atoms with van der Waals surface area (Å²) in [5, 5.41) is 1.70. The highest BCUT2D eigenvalue weighted by Crippen LogP contribution is 2.29. The highest BCUT2D eigenvalue weighted by atomic mass is 79.9. The summed E-state index contributed by atoms with van der Waals surface area (Å²) in [4.78, 5) is 28.1. The zero-order valence-electron chi connectivity index (χ0n) is 18.0. The molecular weight excluding hydrogens is 526 g/mol. The van der Waals surface area contributed by atoms with Crippen LogP contribution in [0, 0.1) is 0 Å². The first-order valence-electron chi connectivity index (χ1n) is 10.3. The van der Waals surface area contributed by atoms with Gasteiger partial charge in [-0.3, -0.25) is 19.4 Å². The summed E-state index contributed by atoms with van der Waals surface area (Å²) in [5.41, 5.74) is 1.86. The van der Waals surface area contributed by atoms with Crippen molar-refractivity contribution in [3.05, 3.63) is 69.3 Å². The van der Waals surface area contributed by atoms with Gasteiger partial charge in [0.2, 0.25) is 0 Å². The topological polar surface area (TPSA) is 54.8 Å². The molecular formula is C24H21BrClN3O3S. The first-order chi connectivity index (χ1) is 15.8. The van der Waals surface area contributed by atoms with Crippen LogP contribution in [0.5, 0.6) is 5.75 Å². The first-order valence-corrected chi connectivity index (χ1v) is 11.8. The second-order valence-corrected chi connectivity index (χ2v) is 9.33. The highest BCUT2D eigenvalue weighted by Gasteiger charge is 2.35. The zero-order chi connectivity index (χ0) is 23.7. The molecule has 1 fully saturated rings. The van der Waals surface area contributed by atoms with Gasteiger partial charge in [-0.1, -0.05) is 39.7 Å². The molecule has 0 N–H and O–H groups in total. The van der Waals surface area contributed by atoms with Crippen LogP contribution in [0.4, 0.5) is 0 Å². The number of halogens is 2. The molecule has 2 heterocycles. The molecule has 1 saturated heterocycles. The molecule has 1 aliphatic rings. The van der Waals surface area contributed by atoms with E-state index in [-0.39, 0.29) is 10.7 Å². The molecule has 0 saturated carbocycles. The number of carbonyl (C=O) groups excluding carboxylic acids is 2. The monoisotopic (exact) mass is 545 g/mol. The number of ether oxygens (including phenoxy) is 1. The van der Waals surface area contributed by atoms with E-state index >= 15 is 0 Å². The van der Waals surface area contributed by atoms with Crippen LogP contribution in [-0.4, -0.2) is 52.0 Å². The molecule has 0 atom stereocenters. The minimum Gasteiger partial charge on any atom is -0.492 e. The molecule has 1 aromatic heterocycles. The van der Waals surface area contributed by atoms with Crippen molar-refractivity contribution in [2.24, 2.45) is 0 Å². The van der Waals surface area contributed by atoms with E-state index in [1.165, 1.54) is 9.80 Å². The lowest BCUT2D eigenvalue weighted by Crippen LogP contribution is -2.52. The molecule has 2 aromatic carbocycles. The number of nitrogens with zero attached hydrogens (tertiary/aromatic N) is 3. The van der Waals surface area contributed by atoms with Crippen LogP contribution in [-0.2, 0) is 16.1 Å². The van der Waals surface area contributed by atoms with Crippen molar-refractivity contribution in [1.82, 2.24) is 14.4 Å². The van der Waals surface area contributed by atoms with Crippen molar-refractivity contribution in [3.8, 4) is 5.75 Å². The maximum atomic E-state index is 12.8. The predicted molar refractivity (Wildman–Crippen MR) is 137 cm³/mol. The third kappa shape index (κ3) is 4.69. The van der Waals surface area contributed by atoms with Crippen LogP contribution < -0.4 is 4.74 Å². The van der Waals surface area contributed by atoms with Gasteiger partial charge in [0.15, 0.2) is 5.11 Å². The standard InChI is InChI=1S/C24H21BrClN3O3S/c1-27-22(30)18(23(31)28(2)24(27)33)12-15-14-29(20-9-8-16(25)13-17(15)20)10-5-11-32-21-7-4-3-6-19(21)26/h3-4,6-9,12-14H,5,10-11H2,1-2H3. The molecule has 0 spiro atoms. The molecule has 170 valence electrons. The number of thiocarbonyl (C=S) groups is 1. The minimum absolute atomic E-state index is 0.0784. The van der Waals surface area contributed by atoms with Gasteiger partial charge in [0.25, 0.3) is 11.8 Å². The highest BCUT2D eigenvalue weighted by molar-refractivity contribution is 9.10. The van der Waals surface area contributed by atoms with Gasteiger partial charge < -0.3 is 9.30 Å². The maximum Gasteiger partial charge on any atom is 0.265 e. The number of hydrogen-bond donors (Lipinski definition) is 0. The van der Waals surface area contributed by atoms with Gasteiger partial charge in [-0.25, -0.2) is 0 Å². The van der Waals surface area contributed by atoms with Gasteiger partial charge in [-0.2, -0.15) is 0 Å². The van der Waals surface area contributed by atoms with E-state index in [1.54, 1.807) is 26.2 Å². The van der Waals surface area contributed by atoms with E-state index in [2.05, 4.69) is 20.5 Å². The molecule has 33 heavy (non-hydrogen) atoms. The van der Waals surface area contributed by atoms with Crippen molar-refractivity contribution in [2.75, 3.05) is 20.7 Å². The lowest BCUT2D eigenvalue weighted by Gasteiger charge is -2.31. The summed E-state index contributed by atoms with van der Waals surface area (Å²) < 4.78 is 8.81. The summed E-state index contributed by atoms with van der Waals surface area (Å²) in [6, 6.07) is 13.3. The van der Waals surface area contributed by atoms with E-state index in [0.29, 0.717) is 23.9 Å². The summed E-state index contributed by atoms with van der Waals surface area (Å²) >= 11 is 14.8. The van der Waals surface area contributed by atoms with Crippen molar-refractivity contribution >= 4 is 73.7 Å².